The van der Waals surface area contributed by atoms with Crippen molar-refractivity contribution in [2.75, 3.05) is 52.4 Å². The van der Waals surface area contributed by atoms with E-state index in [9.17, 15) is 4.79 Å². The highest BCUT2D eigenvalue weighted by Crippen LogP contribution is 2.35. The predicted octanol–water partition coefficient (Wildman–Crippen LogP) is 1.15. The Morgan fingerprint density at radius 1 is 1.00 bits per heavy atom. The molecule has 150 valence electrons. The molecule has 1 atom stereocenters. The van der Waals surface area contributed by atoms with Crippen molar-refractivity contribution in [2.45, 2.75) is 53.9 Å². The topological polar surface area (TPSA) is 96.4 Å². The van der Waals surface area contributed by atoms with Crippen LogP contribution in [-0.2, 0) is 4.79 Å². The number of hydrogen-bond donors (Lipinski definition) is 4. The molecule has 0 aliphatic heterocycles. The van der Waals surface area contributed by atoms with Crippen molar-refractivity contribution in [3.8, 4) is 0 Å². The molecule has 0 aromatic carbocycles. The molecule has 0 aromatic rings. The van der Waals surface area contributed by atoms with Gasteiger partial charge in [-0.2, -0.15) is 0 Å². The van der Waals surface area contributed by atoms with Gasteiger partial charge in [-0.1, -0.05) is 34.6 Å². The van der Waals surface area contributed by atoms with E-state index in [1.807, 2.05) is 0 Å². The number of carbonyl (C=O) groups excluding carboxylic acids is 1. The molecule has 0 saturated heterocycles. The van der Waals surface area contributed by atoms with Crippen LogP contribution >= 0.6 is 0 Å². The maximum absolute atomic E-state index is 12.3. The summed E-state index contributed by atoms with van der Waals surface area (Å²) in [5.41, 5.74) is 11.6. The molecule has 0 saturated carbocycles. The summed E-state index contributed by atoms with van der Waals surface area (Å²) in [6, 6.07) is 0. The zero-order valence-electron chi connectivity index (χ0n) is 17.3. The second-order valence-corrected chi connectivity index (χ2v) is 8.60. The van der Waals surface area contributed by atoms with Gasteiger partial charge in [-0.25, -0.2) is 0 Å². The maximum Gasteiger partial charge on any atom is 0.221 e. The van der Waals surface area contributed by atoms with Crippen LogP contribution in [0.25, 0.3) is 0 Å². The molecular weight excluding hydrogens is 314 g/mol. The molecule has 0 bridgehead atoms. The first kappa shape index (κ1) is 24.3. The van der Waals surface area contributed by atoms with Crippen molar-refractivity contribution >= 4 is 5.91 Å². The largest absolute Gasteiger partial charge is 0.356 e. The van der Waals surface area contributed by atoms with Crippen LogP contribution < -0.4 is 22.1 Å². The lowest BCUT2D eigenvalue weighted by Crippen LogP contribution is -2.41. The first-order chi connectivity index (χ1) is 11.7. The lowest BCUT2D eigenvalue weighted by molar-refractivity contribution is -0.122. The molecule has 6 N–H and O–H groups in total. The standard InChI is InChI=1S/C19H43N5O/c1-6-19(5,15-18(2,3)4)16-23-17(25)7-12-24(13-9-21)14-11-22-10-8-20/h22H,6-16,20-21H2,1-5H3,(H,23,25). The third-order valence-electron chi connectivity index (χ3n) is 4.55. The number of amides is 1. The molecule has 1 unspecified atom stereocenters. The zero-order chi connectivity index (χ0) is 19.3. The summed E-state index contributed by atoms with van der Waals surface area (Å²) in [5.74, 6) is 0.130. The number of rotatable bonds is 14. The van der Waals surface area contributed by atoms with Crippen molar-refractivity contribution in [1.29, 1.82) is 0 Å². The molecule has 0 spiro atoms. The smallest absolute Gasteiger partial charge is 0.221 e. The van der Waals surface area contributed by atoms with E-state index in [2.05, 4.69) is 50.2 Å². The van der Waals surface area contributed by atoms with E-state index in [1.165, 1.54) is 0 Å². The molecule has 0 heterocycles. The highest BCUT2D eigenvalue weighted by Gasteiger charge is 2.28. The Kier molecular flexibility index (Phi) is 12.3. The van der Waals surface area contributed by atoms with Gasteiger partial charge in [0, 0.05) is 58.8 Å². The third kappa shape index (κ3) is 13.2. The van der Waals surface area contributed by atoms with Gasteiger partial charge in [0.05, 0.1) is 0 Å². The van der Waals surface area contributed by atoms with E-state index in [4.69, 9.17) is 11.5 Å². The van der Waals surface area contributed by atoms with Crippen LogP contribution in [0.4, 0.5) is 0 Å². The van der Waals surface area contributed by atoms with E-state index < -0.39 is 0 Å². The second kappa shape index (κ2) is 12.6. The second-order valence-electron chi connectivity index (χ2n) is 8.60. The fraction of sp³-hybridized carbons (Fsp3) is 0.947. The fourth-order valence-electron chi connectivity index (χ4n) is 3.24. The van der Waals surface area contributed by atoms with Crippen molar-refractivity contribution in [3.05, 3.63) is 0 Å². The summed E-state index contributed by atoms with van der Waals surface area (Å²) < 4.78 is 0. The first-order valence-corrected chi connectivity index (χ1v) is 9.75. The van der Waals surface area contributed by atoms with E-state index in [0.29, 0.717) is 19.5 Å². The van der Waals surface area contributed by atoms with Crippen LogP contribution in [0.3, 0.4) is 0 Å². The van der Waals surface area contributed by atoms with Crippen LogP contribution in [-0.4, -0.2) is 63.2 Å². The average molecular weight is 358 g/mol. The Balaban J connectivity index is 4.24. The molecule has 0 aliphatic rings. The zero-order valence-corrected chi connectivity index (χ0v) is 17.3. The van der Waals surface area contributed by atoms with Gasteiger partial charge >= 0.3 is 0 Å². The lowest BCUT2D eigenvalue weighted by atomic mass is 9.73. The van der Waals surface area contributed by atoms with E-state index >= 15 is 0 Å². The molecule has 0 fully saturated rings. The van der Waals surface area contributed by atoms with Crippen LogP contribution in [0.2, 0.25) is 0 Å². The number of nitrogens with two attached hydrogens (primary N) is 2. The quantitative estimate of drug-likeness (QED) is 0.350. The normalized spacial score (nSPS) is 14.6. The van der Waals surface area contributed by atoms with Crippen LogP contribution in [0.1, 0.15) is 53.9 Å². The highest BCUT2D eigenvalue weighted by molar-refractivity contribution is 5.76. The Labute approximate surface area is 155 Å². The number of carbonyl (C=O) groups is 1. The van der Waals surface area contributed by atoms with Crippen LogP contribution in [0.5, 0.6) is 0 Å². The minimum absolute atomic E-state index is 0.130. The van der Waals surface area contributed by atoms with Crippen molar-refractivity contribution in [1.82, 2.24) is 15.5 Å². The Morgan fingerprint density at radius 3 is 2.20 bits per heavy atom. The van der Waals surface area contributed by atoms with Gasteiger partial charge in [0.2, 0.25) is 5.91 Å². The third-order valence-corrected chi connectivity index (χ3v) is 4.55. The molecule has 25 heavy (non-hydrogen) atoms. The van der Waals surface area contributed by atoms with Gasteiger partial charge in [-0.05, 0) is 23.7 Å². The van der Waals surface area contributed by atoms with Gasteiger partial charge < -0.3 is 27.0 Å². The maximum atomic E-state index is 12.3. The van der Waals surface area contributed by atoms with Gasteiger partial charge in [-0.15, -0.1) is 0 Å². The summed E-state index contributed by atoms with van der Waals surface area (Å²) in [6.45, 7) is 17.4. The highest BCUT2D eigenvalue weighted by atomic mass is 16.1. The van der Waals surface area contributed by atoms with Gasteiger partial charge in [0.1, 0.15) is 0 Å². The predicted molar refractivity (Wildman–Crippen MR) is 108 cm³/mol. The van der Waals surface area contributed by atoms with Gasteiger partial charge in [-0.3, -0.25) is 4.79 Å². The summed E-state index contributed by atoms with van der Waals surface area (Å²) >= 11 is 0. The molecule has 1 amide bonds. The Hall–Kier alpha value is -0.690. The first-order valence-electron chi connectivity index (χ1n) is 9.75. The molecule has 0 aliphatic carbocycles. The number of nitrogens with one attached hydrogen (secondary N) is 2. The molecule has 0 aromatic heterocycles. The molecule has 0 radical (unpaired) electrons. The van der Waals surface area contributed by atoms with Gasteiger partial charge in [0.25, 0.3) is 0 Å². The average Bonchev–Trinajstić information content (AvgIpc) is 2.53. The molecule has 6 nitrogen and oxygen atoms in total. The van der Waals surface area contributed by atoms with E-state index in [0.717, 1.165) is 52.1 Å². The monoisotopic (exact) mass is 357 g/mol. The molecule has 0 rings (SSSR count). The van der Waals surface area contributed by atoms with Crippen molar-refractivity contribution in [2.24, 2.45) is 22.3 Å². The van der Waals surface area contributed by atoms with Crippen molar-refractivity contribution in [3.63, 3.8) is 0 Å². The Bertz CT molecular complexity index is 356. The summed E-state index contributed by atoms with van der Waals surface area (Å²) in [4.78, 5) is 14.5. The van der Waals surface area contributed by atoms with E-state index in [-0.39, 0.29) is 16.7 Å². The molecule has 6 heteroatoms. The lowest BCUT2D eigenvalue weighted by Gasteiger charge is -2.35. The Morgan fingerprint density at radius 2 is 1.68 bits per heavy atom. The molecular formula is C19H43N5O. The van der Waals surface area contributed by atoms with Gasteiger partial charge in [0.15, 0.2) is 0 Å². The summed E-state index contributed by atoms with van der Waals surface area (Å²) in [7, 11) is 0. The van der Waals surface area contributed by atoms with Crippen molar-refractivity contribution < 1.29 is 4.79 Å². The summed E-state index contributed by atoms with van der Waals surface area (Å²) in [6.07, 6.45) is 2.69. The minimum atomic E-state index is 0.130. The SMILES string of the molecule is CCC(C)(CNC(=O)CCN(CCN)CCNCCN)CC(C)(C)C. The number of nitrogens with zero attached hydrogens (tertiary/aromatic N) is 1. The van der Waals surface area contributed by atoms with E-state index in [1.54, 1.807) is 0 Å². The summed E-state index contributed by atoms with van der Waals surface area (Å²) in [5, 5.41) is 6.42. The fourth-order valence-corrected chi connectivity index (χ4v) is 3.24. The minimum Gasteiger partial charge on any atom is -0.356 e. The van der Waals surface area contributed by atoms with Crippen LogP contribution in [0, 0.1) is 10.8 Å². The number of hydrogen-bond acceptors (Lipinski definition) is 5. The van der Waals surface area contributed by atoms with Crippen LogP contribution in [0.15, 0.2) is 0 Å².